The molecule has 0 aliphatic carbocycles. The quantitative estimate of drug-likeness (QED) is 0.839. The molecule has 0 saturated carbocycles. The van der Waals surface area contributed by atoms with Crippen LogP contribution in [-0.2, 0) is 0 Å². The molecule has 1 rings (SSSR count). The van der Waals surface area contributed by atoms with E-state index in [1.165, 1.54) is 0 Å². The molecule has 2 N–H and O–H groups in total. The van der Waals surface area contributed by atoms with Crippen molar-refractivity contribution >= 4 is 11.7 Å². The van der Waals surface area contributed by atoms with Crippen molar-refractivity contribution in [1.29, 1.82) is 5.26 Å². The first-order valence-corrected chi connectivity index (χ1v) is 5.83. The van der Waals surface area contributed by atoms with Crippen LogP contribution in [0.25, 0.3) is 0 Å². The van der Waals surface area contributed by atoms with Crippen molar-refractivity contribution in [1.82, 2.24) is 5.32 Å². The maximum Gasteiger partial charge on any atom is 0.319 e. The van der Waals surface area contributed by atoms with Gasteiger partial charge >= 0.3 is 6.03 Å². The summed E-state index contributed by atoms with van der Waals surface area (Å²) in [7, 11) is 0. The molecule has 0 aliphatic rings. The second kappa shape index (κ2) is 7.17. The fourth-order valence-corrected chi connectivity index (χ4v) is 1.27. The fourth-order valence-electron chi connectivity index (χ4n) is 1.27. The van der Waals surface area contributed by atoms with E-state index in [0.717, 1.165) is 6.42 Å². The maximum absolute atomic E-state index is 11.6. The average molecular weight is 247 g/mol. The Labute approximate surface area is 107 Å². The molecular formula is C13H17N3O2. The van der Waals surface area contributed by atoms with Crippen LogP contribution in [0, 0.1) is 11.3 Å². The molecule has 0 aromatic heterocycles. The molecule has 0 heterocycles. The van der Waals surface area contributed by atoms with Gasteiger partial charge in [0.15, 0.2) is 6.61 Å². The van der Waals surface area contributed by atoms with Crippen LogP contribution in [-0.4, -0.2) is 18.7 Å². The number of nitrogens with one attached hydrogen (secondary N) is 2. The summed E-state index contributed by atoms with van der Waals surface area (Å²) in [6, 6.07) is 8.69. The second-order valence-corrected chi connectivity index (χ2v) is 3.88. The number of urea groups is 1. The van der Waals surface area contributed by atoms with Gasteiger partial charge in [0.1, 0.15) is 11.8 Å². The highest BCUT2D eigenvalue weighted by atomic mass is 16.5. The van der Waals surface area contributed by atoms with E-state index in [2.05, 4.69) is 10.6 Å². The highest BCUT2D eigenvalue weighted by molar-refractivity contribution is 5.89. The molecule has 5 heteroatoms. The summed E-state index contributed by atoms with van der Waals surface area (Å²) in [4.78, 5) is 11.6. The van der Waals surface area contributed by atoms with Gasteiger partial charge in [-0.1, -0.05) is 13.0 Å². The van der Waals surface area contributed by atoms with Gasteiger partial charge < -0.3 is 15.4 Å². The van der Waals surface area contributed by atoms with Crippen LogP contribution < -0.4 is 15.4 Å². The van der Waals surface area contributed by atoms with Crippen molar-refractivity contribution in [3.63, 3.8) is 0 Å². The van der Waals surface area contributed by atoms with Crippen molar-refractivity contribution in [2.24, 2.45) is 0 Å². The average Bonchev–Trinajstić information content (AvgIpc) is 2.36. The van der Waals surface area contributed by atoms with Crippen LogP contribution in [0.2, 0.25) is 0 Å². The Morgan fingerprint density at radius 3 is 3.00 bits per heavy atom. The van der Waals surface area contributed by atoms with Crippen molar-refractivity contribution < 1.29 is 9.53 Å². The molecule has 1 aromatic rings. The molecule has 1 atom stereocenters. The zero-order valence-electron chi connectivity index (χ0n) is 10.6. The SMILES string of the molecule is CC[C@H](C)NC(=O)Nc1cccc(OCC#N)c1. The number of nitriles is 1. The van der Waals surface area contributed by atoms with E-state index >= 15 is 0 Å². The summed E-state index contributed by atoms with van der Waals surface area (Å²) in [6.07, 6.45) is 0.874. The Balaban J connectivity index is 2.56. The van der Waals surface area contributed by atoms with E-state index in [1.807, 2.05) is 19.9 Å². The predicted octanol–water partition coefficient (Wildman–Crippen LogP) is 2.51. The minimum Gasteiger partial charge on any atom is -0.479 e. The van der Waals surface area contributed by atoms with E-state index in [1.54, 1.807) is 24.3 Å². The zero-order chi connectivity index (χ0) is 13.4. The van der Waals surface area contributed by atoms with Crippen molar-refractivity contribution in [3.05, 3.63) is 24.3 Å². The molecule has 0 saturated heterocycles. The number of anilines is 1. The highest BCUT2D eigenvalue weighted by Gasteiger charge is 2.05. The first-order chi connectivity index (χ1) is 8.65. The van der Waals surface area contributed by atoms with Crippen LogP contribution in [0.4, 0.5) is 10.5 Å². The number of amides is 2. The fraction of sp³-hybridized carbons (Fsp3) is 0.385. The predicted molar refractivity (Wildman–Crippen MR) is 69.5 cm³/mol. The third-order valence-corrected chi connectivity index (χ3v) is 2.39. The number of carbonyl (C=O) groups excluding carboxylic acids is 1. The van der Waals surface area contributed by atoms with Gasteiger partial charge in [-0.2, -0.15) is 5.26 Å². The minimum atomic E-state index is -0.248. The van der Waals surface area contributed by atoms with Crippen LogP contribution in [0.3, 0.4) is 0 Å². The normalized spacial score (nSPS) is 11.2. The molecule has 0 unspecified atom stereocenters. The third kappa shape index (κ3) is 4.74. The molecule has 96 valence electrons. The monoisotopic (exact) mass is 247 g/mol. The summed E-state index contributed by atoms with van der Waals surface area (Å²) >= 11 is 0. The summed E-state index contributed by atoms with van der Waals surface area (Å²) in [6.45, 7) is 3.93. The molecular weight excluding hydrogens is 230 g/mol. The maximum atomic E-state index is 11.6. The van der Waals surface area contributed by atoms with E-state index in [0.29, 0.717) is 11.4 Å². The van der Waals surface area contributed by atoms with Crippen molar-refractivity contribution in [3.8, 4) is 11.8 Å². The Kier molecular flexibility index (Phi) is 5.52. The Bertz CT molecular complexity index is 440. The van der Waals surface area contributed by atoms with Gasteiger partial charge in [-0.3, -0.25) is 0 Å². The molecule has 5 nitrogen and oxygen atoms in total. The summed E-state index contributed by atoms with van der Waals surface area (Å²) in [5, 5.41) is 13.9. The van der Waals surface area contributed by atoms with Gasteiger partial charge in [-0.05, 0) is 25.5 Å². The molecule has 0 radical (unpaired) electrons. The number of nitrogens with zero attached hydrogens (tertiary/aromatic N) is 1. The number of carbonyl (C=O) groups is 1. The lowest BCUT2D eigenvalue weighted by Gasteiger charge is -2.13. The first-order valence-electron chi connectivity index (χ1n) is 5.83. The lowest BCUT2D eigenvalue weighted by molar-refractivity contribution is 0.249. The zero-order valence-corrected chi connectivity index (χ0v) is 10.6. The van der Waals surface area contributed by atoms with Gasteiger partial charge in [-0.15, -0.1) is 0 Å². The van der Waals surface area contributed by atoms with Crippen LogP contribution in [0.5, 0.6) is 5.75 Å². The molecule has 0 aliphatic heterocycles. The Hall–Kier alpha value is -2.22. The molecule has 1 aromatic carbocycles. The molecule has 2 amide bonds. The first kappa shape index (κ1) is 13.8. The standard InChI is InChI=1S/C13H17N3O2/c1-3-10(2)15-13(17)16-11-5-4-6-12(9-11)18-8-7-14/h4-6,9-10H,3,8H2,1-2H3,(H2,15,16,17)/t10-/m0/s1. The van der Waals surface area contributed by atoms with Crippen LogP contribution >= 0.6 is 0 Å². The summed E-state index contributed by atoms with van der Waals surface area (Å²) < 4.78 is 5.15. The number of rotatable bonds is 5. The largest absolute Gasteiger partial charge is 0.479 e. The van der Waals surface area contributed by atoms with Crippen LogP contribution in [0.15, 0.2) is 24.3 Å². The molecule has 0 bridgehead atoms. The number of hydrogen-bond acceptors (Lipinski definition) is 3. The number of benzene rings is 1. The van der Waals surface area contributed by atoms with Gasteiger partial charge in [-0.25, -0.2) is 4.79 Å². The van der Waals surface area contributed by atoms with Crippen molar-refractivity contribution in [2.75, 3.05) is 11.9 Å². The molecule has 0 spiro atoms. The van der Waals surface area contributed by atoms with E-state index in [-0.39, 0.29) is 18.7 Å². The van der Waals surface area contributed by atoms with Crippen molar-refractivity contribution in [2.45, 2.75) is 26.3 Å². The number of hydrogen-bond donors (Lipinski definition) is 2. The van der Waals surface area contributed by atoms with E-state index in [9.17, 15) is 4.79 Å². The number of ether oxygens (including phenoxy) is 1. The van der Waals surface area contributed by atoms with E-state index < -0.39 is 0 Å². The topological polar surface area (TPSA) is 74.2 Å². The lowest BCUT2D eigenvalue weighted by atomic mass is 10.2. The van der Waals surface area contributed by atoms with Gasteiger partial charge in [0, 0.05) is 17.8 Å². The van der Waals surface area contributed by atoms with Gasteiger partial charge in [0.05, 0.1) is 0 Å². The molecule has 0 fully saturated rings. The van der Waals surface area contributed by atoms with Gasteiger partial charge in [0.25, 0.3) is 0 Å². The third-order valence-electron chi connectivity index (χ3n) is 2.39. The Morgan fingerprint density at radius 1 is 1.56 bits per heavy atom. The summed E-state index contributed by atoms with van der Waals surface area (Å²) in [5.74, 6) is 0.554. The summed E-state index contributed by atoms with van der Waals surface area (Å²) in [5.41, 5.74) is 0.631. The van der Waals surface area contributed by atoms with Gasteiger partial charge in [0.2, 0.25) is 0 Å². The second-order valence-electron chi connectivity index (χ2n) is 3.88. The van der Waals surface area contributed by atoms with Crippen LogP contribution in [0.1, 0.15) is 20.3 Å². The minimum absolute atomic E-state index is 0.0114. The smallest absolute Gasteiger partial charge is 0.319 e. The van der Waals surface area contributed by atoms with E-state index in [4.69, 9.17) is 10.00 Å². The lowest BCUT2D eigenvalue weighted by Crippen LogP contribution is -2.35. The highest BCUT2D eigenvalue weighted by Crippen LogP contribution is 2.17. The Morgan fingerprint density at radius 2 is 2.33 bits per heavy atom. The molecule has 18 heavy (non-hydrogen) atoms.